The van der Waals surface area contributed by atoms with Gasteiger partial charge in [0.25, 0.3) is 0 Å². The number of piperidine rings is 3. The average molecular weight is 436 g/mol. The first-order valence-electron chi connectivity index (χ1n) is 12.5. The number of nitrogens with one attached hydrogen (secondary N) is 2. The number of nitrogens with zero attached hydrogens (tertiary/aromatic N) is 3. The first kappa shape index (κ1) is 21.5. The summed E-state index contributed by atoms with van der Waals surface area (Å²) in [5.74, 6) is 1.92. The van der Waals surface area contributed by atoms with Gasteiger partial charge in [-0.1, -0.05) is 49.6 Å². The largest absolute Gasteiger partial charge is 0.337 e. The highest BCUT2D eigenvalue weighted by molar-refractivity contribution is 5.73. The molecule has 4 fully saturated rings. The van der Waals surface area contributed by atoms with Crippen LogP contribution in [-0.4, -0.2) is 46.4 Å². The van der Waals surface area contributed by atoms with E-state index in [1.54, 1.807) is 0 Å². The summed E-state index contributed by atoms with van der Waals surface area (Å²) in [4.78, 5) is 14.9. The monoisotopic (exact) mass is 435 g/mol. The fraction of sp³-hybridized carbons (Fsp3) is 0.615. The van der Waals surface area contributed by atoms with Gasteiger partial charge < -0.3 is 10.6 Å². The highest BCUT2D eigenvalue weighted by atomic mass is 16.2. The zero-order valence-electron chi connectivity index (χ0n) is 19.3. The van der Waals surface area contributed by atoms with Crippen LogP contribution in [0.4, 0.5) is 4.79 Å². The van der Waals surface area contributed by atoms with Crippen molar-refractivity contribution < 1.29 is 4.79 Å². The predicted octanol–water partition coefficient (Wildman–Crippen LogP) is 4.15. The quantitative estimate of drug-likeness (QED) is 0.717. The van der Waals surface area contributed by atoms with Crippen LogP contribution in [0.2, 0.25) is 0 Å². The van der Waals surface area contributed by atoms with Crippen LogP contribution in [-0.2, 0) is 13.6 Å². The number of hydrogen-bond donors (Lipinski definition) is 2. The molecule has 6 rings (SSSR count). The number of carbonyl (C=O) groups is 1. The highest BCUT2D eigenvalue weighted by Gasteiger charge is 2.42. The molecule has 3 saturated heterocycles. The molecule has 4 aliphatic rings. The van der Waals surface area contributed by atoms with E-state index in [0.717, 1.165) is 31.6 Å². The molecule has 2 aromatic rings. The Morgan fingerprint density at radius 1 is 1.09 bits per heavy atom. The van der Waals surface area contributed by atoms with E-state index < -0.39 is 0 Å². The SMILES string of the molecule is Cn1nc(C2CCCCC2)cc1[C@H]1CN2CC[C@H]1C[C@@H]2CNC(=O)NCc1ccccc1. The minimum Gasteiger partial charge on any atom is -0.337 e. The first-order valence-corrected chi connectivity index (χ1v) is 12.5. The van der Waals surface area contributed by atoms with Gasteiger partial charge in [-0.2, -0.15) is 5.10 Å². The molecule has 6 heteroatoms. The van der Waals surface area contributed by atoms with Crippen LogP contribution >= 0.6 is 0 Å². The summed E-state index contributed by atoms with van der Waals surface area (Å²) >= 11 is 0. The Balaban J connectivity index is 1.15. The Morgan fingerprint density at radius 3 is 2.66 bits per heavy atom. The highest BCUT2D eigenvalue weighted by Crippen LogP contribution is 2.42. The molecule has 4 heterocycles. The summed E-state index contributed by atoms with van der Waals surface area (Å²) in [6, 6.07) is 12.8. The summed E-state index contributed by atoms with van der Waals surface area (Å²) in [6.07, 6.45) is 9.11. The van der Waals surface area contributed by atoms with E-state index in [1.165, 1.54) is 49.9 Å². The summed E-state index contributed by atoms with van der Waals surface area (Å²) in [5, 5.41) is 11.0. The van der Waals surface area contributed by atoms with Gasteiger partial charge in [-0.05, 0) is 49.8 Å². The lowest BCUT2D eigenvalue weighted by Gasteiger charge is -2.49. The van der Waals surface area contributed by atoms with Gasteiger partial charge in [0.15, 0.2) is 0 Å². The maximum absolute atomic E-state index is 12.3. The van der Waals surface area contributed by atoms with Gasteiger partial charge in [0.1, 0.15) is 0 Å². The number of aromatic nitrogens is 2. The fourth-order valence-electron chi connectivity index (χ4n) is 6.19. The molecule has 2 bridgehead atoms. The molecule has 172 valence electrons. The van der Waals surface area contributed by atoms with Crippen LogP contribution in [0.15, 0.2) is 36.4 Å². The number of amides is 2. The van der Waals surface area contributed by atoms with E-state index in [0.29, 0.717) is 30.3 Å². The number of benzene rings is 1. The van der Waals surface area contributed by atoms with Gasteiger partial charge >= 0.3 is 6.03 Å². The Morgan fingerprint density at radius 2 is 1.91 bits per heavy atom. The fourth-order valence-corrected chi connectivity index (χ4v) is 6.19. The van der Waals surface area contributed by atoms with Crippen molar-refractivity contribution in [2.75, 3.05) is 19.6 Å². The topological polar surface area (TPSA) is 62.2 Å². The number of aryl methyl sites for hydroxylation is 1. The minimum absolute atomic E-state index is 0.0724. The molecule has 6 nitrogen and oxygen atoms in total. The molecule has 1 saturated carbocycles. The third-order valence-corrected chi connectivity index (χ3v) is 8.01. The van der Waals surface area contributed by atoms with Crippen LogP contribution in [0.1, 0.15) is 73.7 Å². The molecule has 32 heavy (non-hydrogen) atoms. The zero-order chi connectivity index (χ0) is 21.9. The third kappa shape index (κ3) is 4.70. The molecular weight excluding hydrogens is 398 g/mol. The van der Waals surface area contributed by atoms with Crippen LogP contribution in [0, 0.1) is 5.92 Å². The second-order valence-corrected chi connectivity index (χ2v) is 10.0. The summed E-state index contributed by atoms with van der Waals surface area (Å²) in [7, 11) is 2.13. The van der Waals surface area contributed by atoms with E-state index in [2.05, 4.69) is 33.3 Å². The lowest BCUT2D eigenvalue weighted by Crippen LogP contribution is -2.56. The molecule has 1 aromatic heterocycles. The molecule has 3 aliphatic heterocycles. The van der Waals surface area contributed by atoms with E-state index in [9.17, 15) is 4.79 Å². The van der Waals surface area contributed by atoms with E-state index in [1.807, 2.05) is 30.3 Å². The van der Waals surface area contributed by atoms with E-state index >= 15 is 0 Å². The molecule has 1 aliphatic carbocycles. The standard InChI is InChI=1S/C26H37N5O/c1-30-25(15-24(29-30)20-10-6-3-7-11-20)23-18-31-13-12-21(23)14-22(31)17-28-26(32)27-16-19-8-4-2-5-9-19/h2,4-5,8-9,15,20-23H,3,6-7,10-14,16-18H2,1H3,(H2,27,28,32)/t21-,22+,23-/m0/s1. The maximum atomic E-state index is 12.3. The van der Waals surface area contributed by atoms with Crippen molar-refractivity contribution in [3.63, 3.8) is 0 Å². The summed E-state index contributed by atoms with van der Waals surface area (Å²) in [6.45, 7) is 3.52. The van der Waals surface area contributed by atoms with Crippen LogP contribution in [0.5, 0.6) is 0 Å². The molecule has 1 aromatic carbocycles. The molecule has 2 N–H and O–H groups in total. The second-order valence-electron chi connectivity index (χ2n) is 10.0. The number of hydrogen-bond acceptors (Lipinski definition) is 3. The number of fused-ring (bicyclic) bond motifs is 3. The smallest absolute Gasteiger partial charge is 0.315 e. The maximum Gasteiger partial charge on any atom is 0.315 e. The van der Waals surface area contributed by atoms with Crippen molar-refractivity contribution in [2.45, 2.75) is 69.4 Å². The molecule has 1 unspecified atom stereocenters. The van der Waals surface area contributed by atoms with Gasteiger partial charge in [0.05, 0.1) is 5.69 Å². The predicted molar refractivity (Wildman–Crippen MR) is 127 cm³/mol. The number of rotatable bonds is 6. The molecule has 2 amide bonds. The Kier molecular flexibility index (Phi) is 6.49. The molecular formula is C26H37N5O. The Labute approximate surface area is 191 Å². The van der Waals surface area contributed by atoms with Gasteiger partial charge in [0, 0.05) is 50.3 Å². The molecule has 0 radical (unpaired) electrons. The van der Waals surface area contributed by atoms with Gasteiger partial charge in [-0.3, -0.25) is 9.58 Å². The third-order valence-electron chi connectivity index (χ3n) is 8.01. The Hall–Kier alpha value is -2.34. The average Bonchev–Trinajstić information content (AvgIpc) is 3.24. The molecule has 4 atom stereocenters. The summed E-state index contributed by atoms with van der Waals surface area (Å²) in [5.41, 5.74) is 3.87. The van der Waals surface area contributed by atoms with Crippen LogP contribution in [0.3, 0.4) is 0 Å². The lowest BCUT2D eigenvalue weighted by molar-refractivity contribution is 0.0294. The van der Waals surface area contributed by atoms with Crippen molar-refractivity contribution in [1.29, 1.82) is 0 Å². The van der Waals surface area contributed by atoms with Crippen LogP contribution in [0.25, 0.3) is 0 Å². The zero-order valence-corrected chi connectivity index (χ0v) is 19.3. The number of urea groups is 1. The van der Waals surface area contributed by atoms with Gasteiger partial charge in [0.2, 0.25) is 0 Å². The van der Waals surface area contributed by atoms with E-state index in [4.69, 9.17) is 5.10 Å². The van der Waals surface area contributed by atoms with Crippen LogP contribution < -0.4 is 10.6 Å². The van der Waals surface area contributed by atoms with Crippen molar-refractivity contribution in [1.82, 2.24) is 25.3 Å². The number of carbonyl (C=O) groups excluding carboxylic acids is 1. The van der Waals surface area contributed by atoms with Gasteiger partial charge in [-0.15, -0.1) is 0 Å². The van der Waals surface area contributed by atoms with Crippen molar-refractivity contribution >= 4 is 6.03 Å². The Bertz CT molecular complexity index is 904. The van der Waals surface area contributed by atoms with Gasteiger partial charge in [-0.25, -0.2) is 4.79 Å². The first-order chi connectivity index (χ1) is 15.7. The minimum atomic E-state index is -0.0724. The second kappa shape index (κ2) is 9.65. The van der Waals surface area contributed by atoms with E-state index in [-0.39, 0.29) is 6.03 Å². The molecule has 0 spiro atoms. The normalized spacial score (nSPS) is 27.9. The van der Waals surface area contributed by atoms with Crippen molar-refractivity contribution in [3.05, 3.63) is 53.3 Å². The lowest BCUT2D eigenvalue weighted by atomic mass is 9.74. The van der Waals surface area contributed by atoms with Crippen molar-refractivity contribution in [2.24, 2.45) is 13.0 Å². The summed E-state index contributed by atoms with van der Waals surface area (Å²) < 4.78 is 2.17. The van der Waals surface area contributed by atoms with Crippen molar-refractivity contribution in [3.8, 4) is 0 Å².